The Kier molecular flexibility index (Phi) is 9.90. The minimum absolute atomic E-state index is 0.116. The van der Waals surface area contributed by atoms with E-state index in [2.05, 4.69) is 77.7 Å². The van der Waals surface area contributed by atoms with Crippen LogP contribution < -0.4 is 16.1 Å². The van der Waals surface area contributed by atoms with Gasteiger partial charge in [0.25, 0.3) is 0 Å². The molecule has 5 aromatic rings. The lowest BCUT2D eigenvalue weighted by molar-refractivity contribution is 0.295. The Bertz CT molecular complexity index is 1610. The van der Waals surface area contributed by atoms with Crippen LogP contribution in [0.25, 0.3) is 31.1 Å². The Morgan fingerprint density at radius 2 is 1.59 bits per heavy atom. The molecule has 0 bridgehead atoms. The first-order valence-electron chi connectivity index (χ1n) is 14.1. The maximum absolute atomic E-state index is 13.4. The lowest BCUT2D eigenvalue weighted by Crippen LogP contribution is -2.34. The highest BCUT2D eigenvalue weighted by atomic mass is 32.1. The largest absolute Gasteiger partial charge is 0.383 e. The first-order chi connectivity index (χ1) is 19.0. The number of fused-ring (bicyclic) bond motifs is 3. The molecular formula is C33H40N4OS. The minimum atomic E-state index is 0.116. The monoisotopic (exact) mass is 540 g/mol. The lowest BCUT2D eigenvalue weighted by Gasteiger charge is -2.23. The van der Waals surface area contributed by atoms with Gasteiger partial charge in [0.1, 0.15) is 0 Å². The van der Waals surface area contributed by atoms with Crippen LogP contribution in [0.4, 0.5) is 11.4 Å². The molecule has 204 valence electrons. The molecule has 0 atom stereocenters. The SMILES string of the molecule is CC.CCCN(CCNc1ccnc2cc(C)ccc12)CCNc1ccc(C)c2sc3ccccc3c(=O)c12. The summed E-state index contributed by atoms with van der Waals surface area (Å²) >= 11 is 1.70. The molecule has 5 nitrogen and oxygen atoms in total. The highest BCUT2D eigenvalue weighted by Crippen LogP contribution is 2.31. The first kappa shape index (κ1) is 28.5. The average Bonchev–Trinajstić information content (AvgIpc) is 2.95. The molecule has 0 aliphatic heterocycles. The van der Waals surface area contributed by atoms with Gasteiger partial charge < -0.3 is 10.6 Å². The van der Waals surface area contributed by atoms with Crippen molar-refractivity contribution in [2.75, 3.05) is 43.4 Å². The summed E-state index contributed by atoms with van der Waals surface area (Å²) in [5.74, 6) is 0. The van der Waals surface area contributed by atoms with Gasteiger partial charge in [-0.05, 0) is 68.3 Å². The van der Waals surface area contributed by atoms with Crippen LogP contribution in [0, 0.1) is 13.8 Å². The summed E-state index contributed by atoms with van der Waals surface area (Å²) in [4.78, 5) is 20.4. The fourth-order valence-electron chi connectivity index (χ4n) is 4.94. The summed E-state index contributed by atoms with van der Waals surface area (Å²) in [7, 11) is 0. The van der Waals surface area contributed by atoms with Crippen molar-refractivity contribution in [1.29, 1.82) is 0 Å². The molecule has 0 fully saturated rings. The molecule has 0 radical (unpaired) electrons. The molecule has 0 saturated carbocycles. The smallest absolute Gasteiger partial charge is 0.197 e. The molecule has 0 amide bonds. The Balaban J connectivity index is 0.00000172. The van der Waals surface area contributed by atoms with E-state index in [0.29, 0.717) is 0 Å². The fraction of sp³-hybridized carbons (Fsp3) is 0.333. The van der Waals surface area contributed by atoms with Gasteiger partial charge in [0.05, 0.1) is 10.9 Å². The quantitative estimate of drug-likeness (QED) is 0.177. The highest BCUT2D eigenvalue weighted by Gasteiger charge is 2.12. The van der Waals surface area contributed by atoms with Crippen LogP contribution >= 0.6 is 11.3 Å². The molecule has 6 heteroatoms. The van der Waals surface area contributed by atoms with Crippen molar-refractivity contribution in [3.05, 3.63) is 88.2 Å². The van der Waals surface area contributed by atoms with Gasteiger partial charge >= 0.3 is 0 Å². The molecule has 39 heavy (non-hydrogen) atoms. The molecule has 0 unspecified atom stereocenters. The zero-order valence-electron chi connectivity index (χ0n) is 23.8. The molecule has 5 rings (SSSR count). The summed E-state index contributed by atoms with van der Waals surface area (Å²) < 4.78 is 2.11. The van der Waals surface area contributed by atoms with E-state index < -0.39 is 0 Å². The Labute approximate surface area is 235 Å². The van der Waals surface area contributed by atoms with Crippen molar-refractivity contribution in [3.63, 3.8) is 0 Å². The number of hydrogen-bond acceptors (Lipinski definition) is 6. The van der Waals surface area contributed by atoms with Crippen LogP contribution in [0.5, 0.6) is 0 Å². The third-order valence-corrected chi connectivity index (χ3v) is 8.16. The number of rotatable bonds is 10. The van der Waals surface area contributed by atoms with E-state index in [4.69, 9.17) is 0 Å². The zero-order chi connectivity index (χ0) is 27.8. The van der Waals surface area contributed by atoms with Crippen LogP contribution in [0.3, 0.4) is 0 Å². The fourth-order valence-corrected chi connectivity index (χ4v) is 6.11. The summed E-state index contributed by atoms with van der Waals surface area (Å²) in [5.41, 5.74) is 5.56. The second kappa shape index (κ2) is 13.5. The molecule has 0 aliphatic carbocycles. The Morgan fingerprint density at radius 3 is 2.36 bits per heavy atom. The number of nitrogens with zero attached hydrogens (tertiary/aromatic N) is 2. The van der Waals surface area contributed by atoms with E-state index in [0.717, 1.165) is 87.2 Å². The van der Waals surface area contributed by atoms with Crippen molar-refractivity contribution in [2.24, 2.45) is 0 Å². The Morgan fingerprint density at radius 1 is 0.846 bits per heavy atom. The zero-order valence-corrected chi connectivity index (χ0v) is 24.6. The molecule has 2 heterocycles. The van der Waals surface area contributed by atoms with Gasteiger partial charge in [0, 0.05) is 63.9 Å². The number of anilines is 2. The van der Waals surface area contributed by atoms with Crippen molar-refractivity contribution in [2.45, 2.75) is 41.0 Å². The predicted molar refractivity (Wildman–Crippen MR) is 172 cm³/mol. The van der Waals surface area contributed by atoms with Crippen LogP contribution in [-0.4, -0.2) is 42.6 Å². The maximum Gasteiger partial charge on any atom is 0.197 e. The van der Waals surface area contributed by atoms with Gasteiger partial charge in [-0.1, -0.05) is 51.1 Å². The molecule has 2 aromatic heterocycles. The van der Waals surface area contributed by atoms with Gasteiger partial charge in [0.2, 0.25) is 0 Å². The molecular weight excluding hydrogens is 500 g/mol. The number of aryl methyl sites for hydroxylation is 2. The van der Waals surface area contributed by atoms with E-state index in [9.17, 15) is 4.79 Å². The van der Waals surface area contributed by atoms with Crippen molar-refractivity contribution < 1.29 is 0 Å². The van der Waals surface area contributed by atoms with Crippen molar-refractivity contribution >= 4 is 53.8 Å². The molecule has 3 aromatic carbocycles. The molecule has 2 N–H and O–H groups in total. The number of hydrogen-bond donors (Lipinski definition) is 2. The lowest BCUT2D eigenvalue weighted by atomic mass is 10.1. The third-order valence-electron chi connectivity index (χ3n) is 6.85. The van der Waals surface area contributed by atoms with Gasteiger partial charge in [-0.2, -0.15) is 0 Å². The summed E-state index contributed by atoms with van der Waals surface area (Å²) in [6, 6.07) is 20.5. The van der Waals surface area contributed by atoms with E-state index in [1.165, 1.54) is 5.56 Å². The van der Waals surface area contributed by atoms with Crippen LogP contribution in [-0.2, 0) is 0 Å². The molecule has 0 saturated heterocycles. The van der Waals surface area contributed by atoms with Gasteiger partial charge in [0.15, 0.2) is 5.43 Å². The number of benzene rings is 3. The van der Waals surface area contributed by atoms with Crippen molar-refractivity contribution in [3.8, 4) is 0 Å². The van der Waals surface area contributed by atoms with Gasteiger partial charge in [-0.15, -0.1) is 11.3 Å². The van der Waals surface area contributed by atoms with E-state index in [-0.39, 0.29) is 5.43 Å². The maximum atomic E-state index is 13.4. The van der Waals surface area contributed by atoms with E-state index in [1.54, 1.807) is 11.3 Å². The average molecular weight is 541 g/mol. The Hall–Kier alpha value is -3.48. The second-order valence-corrected chi connectivity index (χ2v) is 10.7. The minimum Gasteiger partial charge on any atom is -0.383 e. The molecule has 0 aliphatic rings. The number of aromatic nitrogens is 1. The second-order valence-electron chi connectivity index (χ2n) is 9.64. The van der Waals surface area contributed by atoms with Crippen LogP contribution in [0.15, 0.2) is 71.7 Å². The predicted octanol–water partition coefficient (Wildman–Crippen LogP) is 7.84. The topological polar surface area (TPSA) is 57.3 Å². The summed E-state index contributed by atoms with van der Waals surface area (Å²) in [6.07, 6.45) is 2.97. The number of nitrogens with one attached hydrogen (secondary N) is 2. The standard InChI is InChI=1S/C31H34N4OS.C2H6/c1-4-17-35(18-15-33-25-13-14-32-27-20-21(2)9-11-23(25)27)19-16-34-26-12-10-22(3)31-29(26)30(36)24-7-5-6-8-28(24)37-31;1-2/h5-14,20,34H,4,15-19H2,1-3H3,(H,32,33);1-2H3. The highest BCUT2D eigenvalue weighted by molar-refractivity contribution is 7.24. The van der Waals surface area contributed by atoms with Crippen molar-refractivity contribution in [1.82, 2.24) is 9.88 Å². The molecule has 0 spiro atoms. The normalized spacial score (nSPS) is 11.1. The van der Waals surface area contributed by atoms with E-state index >= 15 is 0 Å². The summed E-state index contributed by atoms with van der Waals surface area (Å²) in [6.45, 7) is 14.9. The van der Waals surface area contributed by atoms with Gasteiger partial charge in [-0.3, -0.25) is 14.7 Å². The van der Waals surface area contributed by atoms with Crippen LogP contribution in [0.1, 0.15) is 38.3 Å². The van der Waals surface area contributed by atoms with E-state index in [1.807, 2.05) is 44.3 Å². The summed E-state index contributed by atoms with van der Waals surface area (Å²) in [5, 5.41) is 9.97. The number of pyridine rings is 1. The first-order valence-corrected chi connectivity index (χ1v) is 14.9. The van der Waals surface area contributed by atoms with Crippen LogP contribution in [0.2, 0.25) is 0 Å². The van der Waals surface area contributed by atoms with Gasteiger partial charge in [-0.25, -0.2) is 0 Å². The third kappa shape index (κ3) is 6.57.